The van der Waals surface area contributed by atoms with E-state index < -0.39 is 11.3 Å². The van der Waals surface area contributed by atoms with Crippen LogP contribution in [0.2, 0.25) is 0 Å². The van der Waals surface area contributed by atoms with Crippen LogP contribution in [0.25, 0.3) is 5.57 Å². The van der Waals surface area contributed by atoms with Crippen LogP contribution < -0.4 is 10.5 Å². The molecule has 1 atom stereocenters. The summed E-state index contributed by atoms with van der Waals surface area (Å²) >= 11 is 0. The number of ether oxygens (including phenoxy) is 1. The Bertz CT molecular complexity index is 778. The molecule has 0 aliphatic heterocycles. The second-order valence-electron chi connectivity index (χ2n) is 5.73. The number of nitriles is 1. The number of benzene rings is 2. The lowest BCUT2D eigenvalue weighted by Crippen LogP contribution is -2.38. The van der Waals surface area contributed by atoms with Gasteiger partial charge in [-0.3, -0.25) is 4.79 Å². The van der Waals surface area contributed by atoms with Crippen LogP contribution in [0.5, 0.6) is 5.75 Å². The van der Waals surface area contributed by atoms with Gasteiger partial charge >= 0.3 is 0 Å². The summed E-state index contributed by atoms with van der Waals surface area (Å²) in [7, 11) is 1.58. The Morgan fingerprint density at radius 3 is 2.54 bits per heavy atom. The van der Waals surface area contributed by atoms with Gasteiger partial charge in [-0.1, -0.05) is 49.0 Å². The van der Waals surface area contributed by atoms with Crippen molar-refractivity contribution >= 4 is 11.5 Å². The Morgan fingerprint density at radius 2 is 1.96 bits per heavy atom. The van der Waals surface area contributed by atoms with Gasteiger partial charge in [-0.2, -0.15) is 5.26 Å². The summed E-state index contributed by atoms with van der Waals surface area (Å²) in [5.41, 5.74) is 6.63. The zero-order chi connectivity index (χ0) is 17.6. The third-order valence-electron chi connectivity index (χ3n) is 4.03. The minimum Gasteiger partial charge on any atom is -0.497 e. The second-order valence-corrected chi connectivity index (χ2v) is 5.73. The summed E-state index contributed by atoms with van der Waals surface area (Å²) in [6.07, 6.45) is 0.420. The molecule has 2 rings (SSSR count). The Balaban J connectivity index is 2.30. The lowest BCUT2D eigenvalue weighted by Gasteiger charge is -2.24. The highest BCUT2D eigenvalue weighted by Crippen LogP contribution is 2.34. The van der Waals surface area contributed by atoms with E-state index in [1.54, 1.807) is 7.11 Å². The zero-order valence-corrected chi connectivity index (χ0v) is 13.7. The molecule has 2 aromatic rings. The first-order valence-electron chi connectivity index (χ1n) is 7.58. The standard InChI is InChI=1S/C20H20N2O2/c1-15(17-9-6-10-18(11-17)24-2)12-20(14-21,19(22)23)13-16-7-4-3-5-8-16/h3-11H,1,12-13H2,2H3,(H2,22,23). The molecule has 2 N–H and O–H groups in total. The van der Waals surface area contributed by atoms with Crippen LogP contribution in [-0.2, 0) is 11.2 Å². The third-order valence-corrected chi connectivity index (χ3v) is 4.03. The molecule has 0 saturated carbocycles. The molecular weight excluding hydrogens is 300 g/mol. The Kier molecular flexibility index (Phi) is 5.39. The normalized spacial score (nSPS) is 12.7. The van der Waals surface area contributed by atoms with Gasteiger partial charge in [0, 0.05) is 12.8 Å². The van der Waals surface area contributed by atoms with Gasteiger partial charge in [0.2, 0.25) is 5.91 Å². The second kappa shape index (κ2) is 7.47. The zero-order valence-electron chi connectivity index (χ0n) is 13.7. The van der Waals surface area contributed by atoms with Crippen LogP contribution in [-0.4, -0.2) is 13.0 Å². The molecule has 0 aliphatic carbocycles. The SMILES string of the molecule is C=C(CC(C#N)(Cc1ccccc1)C(N)=O)c1cccc(OC)c1. The molecule has 4 nitrogen and oxygen atoms in total. The third kappa shape index (κ3) is 3.82. The molecule has 0 radical (unpaired) electrons. The van der Waals surface area contributed by atoms with Crippen molar-refractivity contribution in [1.82, 2.24) is 0 Å². The van der Waals surface area contributed by atoms with E-state index in [4.69, 9.17) is 10.5 Å². The number of primary amides is 1. The van der Waals surface area contributed by atoms with Gasteiger partial charge in [0.1, 0.15) is 11.2 Å². The molecule has 24 heavy (non-hydrogen) atoms. The molecule has 0 heterocycles. The first-order chi connectivity index (χ1) is 11.5. The molecule has 1 amide bonds. The number of carbonyl (C=O) groups is 1. The van der Waals surface area contributed by atoms with E-state index >= 15 is 0 Å². The monoisotopic (exact) mass is 320 g/mol. The number of nitrogens with two attached hydrogens (primary N) is 1. The highest BCUT2D eigenvalue weighted by atomic mass is 16.5. The number of nitrogens with zero attached hydrogens (tertiary/aromatic N) is 1. The van der Waals surface area contributed by atoms with Crippen molar-refractivity contribution in [1.29, 1.82) is 5.26 Å². The summed E-state index contributed by atoms with van der Waals surface area (Å²) < 4.78 is 5.21. The van der Waals surface area contributed by atoms with Gasteiger partial charge in [-0.25, -0.2) is 0 Å². The maximum absolute atomic E-state index is 12.1. The van der Waals surface area contributed by atoms with E-state index in [9.17, 15) is 10.1 Å². The van der Waals surface area contributed by atoms with E-state index in [-0.39, 0.29) is 12.8 Å². The molecule has 0 aromatic heterocycles. The predicted molar refractivity (Wildman–Crippen MR) is 94.0 cm³/mol. The minimum atomic E-state index is -1.33. The van der Waals surface area contributed by atoms with E-state index in [0.29, 0.717) is 11.3 Å². The van der Waals surface area contributed by atoms with Crippen LogP contribution >= 0.6 is 0 Å². The smallest absolute Gasteiger partial charge is 0.238 e. The average molecular weight is 320 g/mol. The summed E-state index contributed by atoms with van der Waals surface area (Å²) in [6.45, 7) is 4.04. The van der Waals surface area contributed by atoms with Gasteiger partial charge in [0.15, 0.2) is 0 Å². The Labute approximate surface area is 142 Å². The largest absolute Gasteiger partial charge is 0.497 e. The van der Waals surface area contributed by atoms with E-state index in [0.717, 1.165) is 11.1 Å². The molecule has 0 saturated heterocycles. The van der Waals surface area contributed by atoms with Crippen LogP contribution in [0.4, 0.5) is 0 Å². The van der Waals surface area contributed by atoms with Crippen LogP contribution in [0.1, 0.15) is 17.5 Å². The topological polar surface area (TPSA) is 76.1 Å². The fourth-order valence-corrected chi connectivity index (χ4v) is 2.62. The molecular formula is C20H20N2O2. The van der Waals surface area contributed by atoms with Gasteiger partial charge in [-0.15, -0.1) is 0 Å². The summed E-state index contributed by atoms with van der Waals surface area (Å²) in [4.78, 5) is 12.1. The van der Waals surface area contributed by atoms with Crippen molar-refractivity contribution in [2.45, 2.75) is 12.8 Å². The summed E-state index contributed by atoms with van der Waals surface area (Å²) in [5.74, 6) is 0.0521. The Hall–Kier alpha value is -3.06. The number of amides is 1. The highest BCUT2D eigenvalue weighted by Gasteiger charge is 2.38. The fourth-order valence-electron chi connectivity index (χ4n) is 2.62. The number of rotatable bonds is 7. The van der Waals surface area contributed by atoms with Crippen molar-refractivity contribution in [3.8, 4) is 11.8 Å². The number of carbonyl (C=O) groups excluding carboxylic acids is 1. The van der Waals surface area contributed by atoms with Crippen LogP contribution in [0.3, 0.4) is 0 Å². The highest BCUT2D eigenvalue weighted by molar-refractivity contribution is 5.86. The molecule has 4 heteroatoms. The van der Waals surface area contributed by atoms with Crippen LogP contribution in [0, 0.1) is 16.7 Å². The average Bonchev–Trinajstić information content (AvgIpc) is 2.61. The van der Waals surface area contributed by atoms with Gasteiger partial charge < -0.3 is 10.5 Å². The fraction of sp³-hybridized carbons (Fsp3) is 0.200. The van der Waals surface area contributed by atoms with Crippen molar-refractivity contribution in [3.63, 3.8) is 0 Å². The molecule has 2 aromatic carbocycles. The number of methoxy groups -OCH3 is 1. The lowest BCUT2D eigenvalue weighted by atomic mass is 9.76. The maximum atomic E-state index is 12.1. The first-order valence-corrected chi connectivity index (χ1v) is 7.58. The van der Waals surface area contributed by atoms with Crippen molar-refractivity contribution in [3.05, 3.63) is 72.3 Å². The maximum Gasteiger partial charge on any atom is 0.238 e. The quantitative estimate of drug-likeness (QED) is 0.850. The number of allylic oxidation sites excluding steroid dienone is 1. The molecule has 0 bridgehead atoms. The lowest BCUT2D eigenvalue weighted by molar-refractivity contribution is -0.124. The van der Waals surface area contributed by atoms with E-state index in [1.807, 2.05) is 54.6 Å². The van der Waals surface area contributed by atoms with Crippen molar-refractivity contribution < 1.29 is 9.53 Å². The van der Waals surface area contributed by atoms with Gasteiger partial charge in [-0.05, 0) is 28.8 Å². The van der Waals surface area contributed by atoms with Crippen LogP contribution in [0.15, 0.2) is 61.2 Å². The number of hydrogen-bond donors (Lipinski definition) is 1. The molecule has 1 unspecified atom stereocenters. The summed E-state index contributed by atoms with van der Waals surface area (Å²) in [5, 5.41) is 9.69. The number of hydrogen-bond acceptors (Lipinski definition) is 3. The van der Waals surface area contributed by atoms with Gasteiger partial charge in [0.05, 0.1) is 13.2 Å². The molecule has 0 aliphatic rings. The Morgan fingerprint density at radius 1 is 1.25 bits per heavy atom. The molecule has 122 valence electrons. The minimum absolute atomic E-state index is 0.168. The van der Waals surface area contributed by atoms with Crippen molar-refractivity contribution in [2.75, 3.05) is 7.11 Å². The predicted octanol–water partition coefficient (Wildman–Crippen LogP) is 3.34. The molecule has 0 spiro atoms. The van der Waals surface area contributed by atoms with Crippen molar-refractivity contribution in [2.24, 2.45) is 11.1 Å². The van der Waals surface area contributed by atoms with E-state index in [2.05, 4.69) is 12.6 Å². The first kappa shape index (κ1) is 17.3. The molecule has 0 fully saturated rings. The van der Waals surface area contributed by atoms with Gasteiger partial charge in [0.25, 0.3) is 0 Å². The van der Waals surface area contributed by atoms with E-state index in [1.165, 1.54) is 0 Å². The summed E-state index contributed by atoms with van der Waals surface area (Å²) in [6, 6.07) is 18.9.